The van der Waals surface area contributed by atoms with Crippen LogP contribution in [0.25, 0.3) is 0 Å². The highest BCUT2D eigenvalue weighted by molar-refractivity contribution is 4.51. The minimum atomic E-state index is 0.833. The molecular formula is C22H55N. The second-order valence-electron chi connectivity index (χ2n) is 7.00. The minimum absolute atomic E-state index is 0.833. The van der Waals surface area contributed by atoms with E-state index in [1.54, 1.807) is 0 Å². The fourth-order valence-electron chi connectivity index (χ4n) is 1.06. The molecule has 1 aliphatic rings. The molecule has 1 fully saturated rings. The topological polar surface area (TPSA) is 3.24 Å². The van der Waals surface area contributed by atoms with E-state index in [9.17, 15) is 0 Å². The molecule has 0 aromatic carbocycles. The first-order valence-corrected chi connectivity index (χ1v) is 10.3. The summed E-state index contributed by atoms with van der Waals surface area (Å²) in [5.74, 6) is 1.72. The van der Waals surface area contributed by atoms with Crippen molar-refractivity contribution in [1.82, 2.24) is 4.90 Å². The van der Waals surface area contributed by atoms with Gasteiger partial charge in [-0.05, 0) is 33.0 Å². The summed E-state index contributed by atoms with van der Waals surface area (Å²) < 4.78 is 0. The molecule has 1 heteroatoms. The normalized spacial score (nSPS) is 12.0. The third-order valence-corrected chi connectivity index (χ3v) is 2.32. The van der Waals surface area contributed by atoms with E-state index < -0.39 is 0 Å². The second-order valence-corrected chi connectivity index (χ2v) is 7.00. The van der Waals surface area contributed by atoms with Crippen LogP contribution in [0.3, 0.4) is 0 Å². The van der Waals surface area contributed by atoms with Crippen molar-refractivity contribution in [2.45, 2.75) is 114 Å². The summed E-state index contributed by atoms with van der Waals surface area (Å²) in [5, 5.41) is 0. The lowest BCUT2D eigenvalue weighted by atomic mass is 10.0. The maximum absolute atomic E-state index is 2.22. The van der Waals surface area contributed by atoms with E-state index in [4.69, 9.17) is 0 Å². The minimum Gasteiger partial charge on any atom is -0.312 e. The van der Waals surface area contributed by atoms with E-state index in [0.717, 1.165) is 11.8 Å². The fourth-order valence-corrected chi connectivity index (χ4v) is 1.06. The van der Waals surface area contributed by atoms with Crippen LogP contribution < -0.4 is 0 Å². The number of hydrogen-bond acceptors (Lipinski definition) is 1. The first-order valence-electron chi connectivity index (χ1n) is 10.3. The molecule has 0 saturated heterocycles. The fraction of sp³-hybridized carbons (Fsp3) is 1.00. The first-order chi connectivity index (χ1) is 10.7. The average Bonchev–Trinajstić information content (AvgIpc) is 2.52. The SMILES string of the molecule is C1CCCCC1.CC.CC.CC(C)C.CCC(C)C.CN(C)C. The summed E-state index contributed by atoms with van der Waals surface area (Å²) in [6.07, 6.45) is 10.3. The maximum Gasteiger partial charge on any atom is -0.0140 e. The molecule has 1 nitrogen and oxygen atoms in total. The van der Waals surface area contributed by atoms with Gasteiger partial charge in [-0.3, -0.25) is 0 Å². The van der Waals surface area contributed by atoms with Crippen molar-refractivity contribution in [3.63, 3.8) is 0 Å². The van der Waals surface area contributed by atoms with Gasteiger partial charge < -0.3 is 4.90 Å². The summed E-state index contributed by atoms with van der Waals surface area (Å²) in [5.41, 5.74) is 0. The second kappa shape index (κ2) is 37.9. The molecule has 0 unspecified atom stereocenters. The van der Waals surface area contributed by atoms with Gasteiger partial charge in [-0.2, -0.15) is 0 Å². The molecule has 0 N–H and O–H groups in total. The molecule has 1 saturated carbocycles. The molecule has 0 amide bonds. The lowest BCUT2D eigenvalue weighted by Gasteiger charge is -2.05. The summed E-state index contributed by atoms with van der Waals surface area (Å²) in [4.78, 5) is 2.00. The number of nitrogens with zero attached hydrogens (tertiary/aromatic N) is 1. The van der Waals surface area contributed by atoms with Gasteiger partial charge in [0.15, 0.2) is 0 Å². The van der Waals surface area contributed by atoms with Crippen LogP contribution in [0, 0.1) is 11.8 Å². The predicted molar refractivity (Wildman–Crippen MR) is 116 cm³/mol. The molecule has 0 radical (unpaired) electrons. The van der Waals surface area contributed by atoms with Crippen LogP contribution >= 0.6 is 0 Å². The highest BCUT2D eigenvalue weighted by Crippen LogP contribution is 2.15. The smallest absolute Gasteiger partial charge is 0.0140 e. The first kappa shape index (κ1) is 34.3. The van der Waals surface area contributed by atoms with E-state index in [1.165, 1.54) is 44.9 Å². The van der Waals surface area contributed by atoms with E-state index in [1.807, 2.05) is 53.7 Å². The third kappa shape index (κ3) is 138. The average molecular weight is 334 g/mol. The van der Waals surface area contributed by atoms with Crippen molar-refractivity contribution in [3.8, 4) is 0 Å². The van der Waals surface area contributed by atoms with E-state index >= 15 is 0 Å². The van der Waals surface area contributed by atoms with Gasteiger partial charge in [0.05, 0.1) is 0 Å². The van der Waals surface area contributed by atoms with Crippen LogP contribution in [-0.4, -0.2) is 26.0 Å². The lowest BCUT2D eigenvalue weighted by Crippen LogP contribution is -1.99. The zero-order valence-electron chi connectivity index (χ0n) is 19.6. The highest BCUT2D eigenvalue weighted by Gasteiger charge is 1.95. The van der Waals surface area contributed by atoms with E-state index in [0.29, 0.717) is 0 Å². The van der Waals surface area contributed by atoms with Crippen molar-refractivity contribution in [2.24, 2.45) is 11.8 Å². The molecule has 0 spiro atoms. The largest absolute Gasteiger partial charge is 0.312 e. The van der Waals surface area contributed by atoms with Gasteiger partial charge in [-0.1, -0.05) is 114 Å². The van der Waals surface area contributed by atoms with Gasteiger partial charge in [0.1, 0.15) is 0 Å². The summed E-state index contributed by atoms with van der Waals surface area (Å²) in [6, 6.07) is 0. The molecule has 1 aliphatic carbocycles. The van der Waals surface area contributed by atoms with Crippen LogP contribution in [0.5, 0.6) is 0 Å². The molecule has 0 aliphatic heterocycles. The molecule has 0 heterocycles. The summed E-state index contributed by atoms with van der Waals surface area (Å²) in [6.45, 7) is 21.1. The molecule has 1 rings (SSSR count). The van der Waals surface area contributed by atoms with Gasteiger partial charge in [0.2, 0.25) is 0 Å². The van der Waals surface area contributed by atoms with Gasteiger partial charge in [-0.25, -0.2) is 0 Å². The Labute approximate surface area is 152 Å². The van der Waals surface area contributed by atoms with Gasteiger partial charge in [0, 0.05) is 0 Å². The summed E-state index contributed by atoms with van der Waals surface area (Å²) in [7, 11) is 6.00. The van der Waals surface area contributed by atoms with E-state index in [-0.39, 0.29) is 0 Å². The monoisotopic (exact) mass is 333 g/mol. The molecule has 0 atom stereocenters. The van der Waals surface area contributed by atoms with Crippen LogP contribution in [0.2, 0.25) is 0 Å². The predicted octanol–water partition coefficient (Wildman–Crippen LogP) is 8.29. The molecule has 148 valence electrons. The van der Waals surface area contributed by atoms with Gasteiger partial charge >= 0.3 is 0 Å². The van der Waals surface area contributed by atoms with Crippen molar-refractivity contribution in [1.29, 1.82) is 0 Å². The Bertz CT molecular complexity index is 101. The number of hydrogen-bond donors (Lipinski definition) is 0. The van der Waals surface area contributed by atoms with Crippen molar-refractivity contribution < 1.29 is 0 Å². The number of rotatable bonds is 1. The quantitative estimate of drug-likeness (QED) is 0.466. The Morgan fingerprint density at radius 1 is 0.609 bits per heavy atom. The van der Waals surface area contributed by atoms with E-state index in [2.05, 4.69) is 41.5 Å². The van der Waals surface area contributed by atoms with Crippen LogP contribution in [0.1, 0.15) is 114 Å². The van der Waals surface area contributed by atoms with Gasteiger partial charge in [0.25, 0.3) is 0 Å². The zero-order valence-corrected chi connectivity index (χ0v) is 19.6. The van der Waals surface area contributed by atoms with Crippen LogP contribution in [0.4, 0.5) is 0 Å². The molecular weight excluding hydrogens is 278 g/mol. The van der Waals surface area contributed by atoms with Crippen LogP contribution in [0.15, 0.2) is 0 Å². The Kier molecular flexibility index (Phi) is 56.5. The molecule has 0 aromatic rings. The lowest BCUT2D eigenvalue weighted by molar-refractivity contribution is 0.504. The third-order valence-electron chi connectivity index (χ3n) is 2.32. The Morgan fingerprint density at radius 2 is 0.696 bits per heavy atom. The van der Waals surface area contributed by atoms with Crippen molar-refractivity contribution >= 4 is 0 Å². The van der Waals surface area contributed by atoms with Crippen molar-refractivity contribution in [2.75, 3.05) is 21.1 Å². The Hall–Kier alpha value is -0.0400. The molecule has 0 aromatic heterocycles. The molecule has 0 bridgehead atoms. The standard InChI is InChI=1S/C6H12.C5H12.C4H10.C3H9N.2C2H6/c1-2-4-6-5-3-1;1-4-5(2)3;2*1-4(2)3;2*1-2/h1-6H2;5H,4H2,1-3H3;4H,1-3H3;1-3H3;2*1-2H3. The zero-order chi connectivity index (χ0) is 19.7. The highest BCUT2D eigenvalue weighted by atomic mass is 15.0. The van der Waals surface area contributed by atoms with Gasteiger partial charge in [-0.15, -0.1) is 0 Å². The Balaban J connectivity index is -0.0000000592. The molecule has 23 heavy (non-hydrogen) atoms. The Morgan fingerprint density at radius 3 is 0.739 bits per heavy atom. The summed E-state index contributed by atoms with van der Waals surface area (Å²) >= 11 is 0. The maximum atomic E-state index is 2.22. The van der Waals surface area contributed by atoms with Crippen molar-refractivity contribution in [3.05, 3.63) is 0 Å². The van der Waals surface area contributed by atoms with Crippen LogP contribution in [-0.2, 0) is 0 Å².